The summed E-state index contributed by atoms with van der Waals surface area (Å²) in [5, 5.41) is 8.56. The first-order chi connectivity index (χ1) is 6.74. The maximum Gasteiger partial charge on any atom is 0.303 e. The second-order valence-corrected chi connectivity index (χ2v) is 3.50. The van der Waals surface area contributed by atoms with Crippen LogP contribution in [0.4, 0.5) is 0 Å². The molecule has 0 aliphatic carbocycles. The quantitative estimate of drug-likeness (QED) is 0.763. The van der Waals surface area contributed by atoms with E-state index in [1.807, 2.05) is 30.3 Å². The summed E-state index contributed by atoms with van der Waals surface area (Å²) in [4.78, 5) is 10.4. The van der Waals surface area contributed by atoms with Gasteiger partial charge in [-0.25, -0.2) is 0 Å². The molecule has 0 spiro atoms. The highest BCUT2D eigenvalue weighted by Crippen LogP contribution is 2.22. The van der Waals surface area contributed by atoms with E-state index in [9.17, 15) is 4.79 Å². The summed E-state index contributed by atoms with van der Waals surface area (Å²) >= 11 is 5.79. The molecule has 0 aromatic heterocycles. The van der Waals surface area contributed by atoms with Crippen LogP contribution >= 0.6 is 11.6 Å². The van der Waals surface area contributed by atoms with Gasteiger partial charge in [0.05, 0.1) is 0 Å². The van der Waals surface area contributed by atoms with Gasteiger partial charge in [0, 0.05) is 12.3 Å². The second kappa shape index (κ2) is 5.66. The van der Waals surface area contributed by atoms with Crippen LogP contribution in [0, 0.1) is 0 Å². The van der Waals surface area contributed by atoms with E-state index >= 15 is 0 Å². The number of carboxylic acid groups (broad SMARTS) is 1. The molecule has 1 aromatic rings. The average molecular weight is 213 g/mol. The van der Waals surface area contributed by atoms with Crippen molar-refractivity contribution in [3.63, 3.8) is 0 Å². The molecule has 0 radical (unpaired) electrons. The molecule has 0 bridgehead atoms. The number of benzene rings is 1. The summed E-state index contributed by atoms with van der Waals surface area (Å²) in [5.41, 5.74) is 1.11. The summed E-state index contributed by atoms with van der Waals surface area (Å²) in [6.07, 6.45) is 0.773. The van der Waals surface area contributed by atoms with Gasteiger partial charge < -0.3 is 5.11 Å². The number of carboxylic acids is 1. The molecule has 1 atom stereocenters. The van der Waals surface area contributed by atoms with Gasteiger partial charge in [0.2, 0.25) is 0 Å². The summed E-state index contributed by atoms with van der Waals surface area (Å²) in [5.74, 6) is -0.151. The van der Waals surface area contributed by atoms with Crippen LogP contribution in [-0.2, 0) is 4.79 Å². The van der Waals surface area contributed by atoms with Gasteiger partial charge in [-0.05, 0) is 17.9 Å². The molecule has 1 rings (SSSR count). The van der Waals surface area contributed by atoms with Gasteiger partial charge in [0.1, 0.15) is 0 Å². The molecule has 0 aliphatic rings. The molecule has 3 heteroatoms. The van der Waals surface area contributed by atoms with E-state index in [4.69, 9.17) is 16.7 Å². The molecule has 1 aromatic carbocycles. The normalized spacial score (nSPS) is 12.4. The Morgan fingerprint density at radius 3 is 2.50 bits per heavy atom. The van der Waals surface area contributed by atoms with Crippen molar-refractivity contribution in [1.82, 2.24) is 0 Å². The number of alkyl halides is 1. The zero-order chi connectivity index (χ0) is 10.4. The Morgan fingerprint density at radius 2 is 2.00 bits per heavy atom. The van der Waals surface area contributed by atoms with E-state index in [0.717, 1.165) is 5.56 Å². The monoisotopic (exact) mass is 212 g/mol. The summed E-state index contributed by atoms with van der Waals surface area (Å²) in [6.45, 7) is 0. The highest BCUT2D eigenvalue weighted by Gasteiger charge is 2.11. The van der Waals surface area contributed by atoms with Gasteiger partial charge in [-0.2, -0.15) is 0 Å². The van der Waals surface area contributed by atoms with Gasteiger partial charge in [-0.3, -0.25) is 4.79 Å². The van der Waals surface area contributed by atoms with Gasteiger partial charge >= 0.3 is 5.97 Å². The number of halogens is 1. The molecule has 14 heavy (non-hydrogen) atoms. The molecule has 0 saturated heterocycles. The zero-order valence-corrected chi connectivity index (χ0v) is 8.57. The van der Waals surface area contributed by atoms with Crippen LogP contribution in [0.3, 0.4) is 0 Å². The van der Waals surface area contributed by atoms with E-state index in [1.54, 1.807) is 0 Å². The largest absolute Gasteiger partial charge is 0.481 e. The minimum Gasteiger partial charge on any atom is -0.481 e. The third kappa shape index (κ3) is 3.38. The maximum absolute atomic E-state index is 10.4. The maximum atomic E-state index is 10.4. The Kier molecular flexibility index (Phi) is 4.47. The molecular weight excluding hydrogens is 200 g/mol. The fourth-order valence-corrected chi connectivity index (χ4v) is 1.69. The first-order valence-electron chi connectivity index (χ1n) is 4.56. The first kappa shape index (κ1) is 11.1. The van der Waals surface area contributed by atoms with Crippen LogP contribution in [0.2, 0.25) is 0 Å². The Bertz CT molecular complexity index is 285. The van der Waals surface area contributed by atoms with Crippen molar-refractivity contribution in [1.29, 1.82) is 0 Å². The predicted octanol–water partition coefficient (Wildman–Crippen LogP) is 2.87. The number of hydrogen-bond acceptors (Lipinski definition) is 1. The molecule has 0 saturated carbocycles. The van der Waals surface area contributed by atoms with E-state index in [-0.39, 0.29) is 12.3 Å². The molecular formula is C11H13ClO2. The molecule has 1 unspecified atom stereocenters. The molecule has 0 aliphatic heterocycles. The first-order valence-corrected chi connectivity index (χ1v) is 5.10. The van der Waals surface area contributed by atoms with Crippen molar-refractivity contribution in [3.8, 4) is 0 Å². The Labute approximate surface area is 88.5 Å². The molecule has 0 fully saturated rings. The minimum atomic E-state index is -0.768. The van der Waals surface area contributed by atoms with E-state index in [2.05, 4.69) is 0 Å². The third-order valence-corrected chi connectivity index (χ3v) is 2.54. The lowest BCUT2D eigenvalue weighted by Gasteiger charge is -2.12. The van der Waals surface area contributed by atoms with Crippen LogP contribution in [0.25, 0.3) is 0 Å². The van der Waals surface area contributed by atoms with Gasteiger partial charge in [0.15, 0.2) is 0 Å². The smallest absolute Gasteiger partial charge is 0.303 e. The van der Waals surface area contributed by atoms with Gasteiger partial charge in [-0.15, -0.1) is 11.6 Å². The molecule has 2 nitrogen and oxygen atoms in total. The number of rotatable bonds is 5. The fourth-order valence-electron chi connectivity index (χ4n) is 1.36. The molecule has 76 valence electrons. The van der Waals surface area contributed by atoms with Crippen molar-refractivity contribution in [2.24, 2.45) is 0 Å². The Balaban J connectivity index is 2.58. The van der Waals surface area contributed by atoms with Crippen molar-refractivity contribution in [2.45, 2.75) is 18.8 Å². The lowest BCUT2D eigenvalue weighted by atomic mass is 9.96. The minimum absolute atomic E-state index is 0.147. The van der Waals surface area contributed by atoms with Crippen LogP contribution < -0.4 is 0 Å². The fraction of sp³-hybridized carbons (Fsp3) is 0.364. The highest BCUT2D eigenvalue weighted by atomic mass is 35.5. The lowest BCUT2D eigenvalue weighted by molar-refractivity contribution is -0.137. The van der Waals surface area contributed by atoms with Crippen LogP contribution in [-0.4, -0.2) is 17.0 Å². The standard InChI is InChI=1S/C11H13ClO2/c12-8-10(6-7-11(13)14)9-4-2-1-3-5-9/h1-5,10H,6-8H2,(H,13,14). The van der Waals surface area contributed by atoms with Gasteiger partial charge in [-0.1, -0.05) is 30.3 Å². The van der Waals surface area contributed by atoms with Crippen molar-refractivity contribution in [2.75, 3.05) is 5.88 Å². The third-order valence-electron chi connectivity index (χ3n) is 2.16. The SMILES string of the molecule is O=C(O)CCC(CCl)c1ccccc1. The second-order valence-electron chi connectivity index (χ2n) is 3.19. The molecule has 0 amide bonds. The summed E-state index contributed by atoms with van der Waals surface area (Å²) < 4.78 is 0. The van der Waals surface area contributed by atoms with Crippen molar-refractivity contribution >= 4 is 17.6 Å². The van der Waals surface area contributed by atoms with E-state index in [1.165, 1.54) is 0 Å². The number of hydrogen-bond donors (Lipinski definition) is 1. The Morgan fingerprint density at radius 1 is 1.36 bits per heavy atom. The van der Waals surface area contributed by atoms with Gasteiger partial charge in [0.25, 0.3) is 0 Å². The van der Waals surface area contributed by atoms with Crippen LogP contribution in [0.15, 0.2) is 30.3 Å². The van der Waals surface area contributed by atoms with E-state index < -0.39 is 5.97 Å². The predicted molar refractivity (Wildman–Crippen MR) is 56.8 cm³/mol. The van der Waals surface area contributed by atoms with Crippen LogP contribution in [0.1, 0.15) is 24.3 Å². The summed E-state index contributed by atoms with van der Waals surface area (Å²) in [6, 6.07) is 9.78. The summed E-state index contributed by atoms with van der Waals surface area (Å²) in [7, 11) is 0. The molecule has 0 heterocycles. The average Bonchev–Trinajstić information content (AvgIpc) is 2.20. The number of aliphatic carboxylic acids is 1. The zero-order valence-electron chi connectivity index (χ0n) is 7.82. The van der Waals surface area contributed by atoms with Crippen molar-refractivity contribution in [3.05, 3.63) is 35.9 Å². The topological polar surface area (TPSA) is 37.3 Å². The van der Waals surface area contributed by atoms with Crippen molar-refractivity contribution < 1.29 is 9.90 Å². The van der Waals surface area contributed by atoms with Crippen LogP contribution in [0.5, 0.6) is 0 Å². The molecule has 1 N–H and O–H groups in total. The highest BCUT2D eigenvalue weighted by molar-refractivity contribution is 6.18. The lowest BCUT2D eigenvalue weighted by Crippen LogP contribution is -2.04. The Hall–Kier alpha value is -1.02. The van der Waals surface area contributed by atoms with E-state index in [0.29, 0.717) is 12.3 Å². The number of carbonyl (C=O) groups is 1.